The lowest BCUT2D eigenvalue weighted by Crippen LogP contribution is -2.22. The van der Waals surface area contributed by atoms with Crippen LogP contribution in [-0.4, -0.2) is 24.4 Å². The molecule has 0 aliphatic heterocycles. The number of nitro groups is 1. The monoisotopic (exact) mass is 423 g/mol. The number of hydrogen-bond acceptors (Lipinski definition) is 8. The summed E-state index contributed by atoms with van der Waals surface area (Å²) in [6, 6.07) is 11.6. The van der Waals surface area contributed by atoms with Crippen LogP contribution in [0.15, 0.2) is 76.6 Å². The average molecular weight is 423 g/mol. The lowest BCUT2D eigenvalue weighted by atomic mass is 10.2. The maximum atomic E-state index is 13.1. The van der Waals surface area contributed by atoms with E-state index in [0.717, 1.165) is 34.6 Å². The first-order valence-electron chi connectivity index (χ1n) is 8.42. The molecule has 10 heteroatoms. The quantitative estimate of drug-likeness (QED) is 0.198. The second kappa shape index (κ2) is 7.94. The molecular weight excluding hydrogens is 410 g/mol. The Balaban J connectivity index is 1.79. The number of benzene rings is 1. The molecule has 8 nitrogen and oxygen atoms in total. The van der Waals surface area contributed by atoms with Gasteiger partial charge < -0.3 is 0 Å². The summed E-state index contributed by atoms with van der Waals surface area (Å²) in [5, 5.41) is 12.0. The number of thiophene rings is 1. The molecule has 0 amide bonds. The summed E-state index contributed by atoms with van der Waals surface area (Å²) >= 11 is 2.50. The predicted octanol–water partition coefficient (Wildman–Crippen LogP) is 4.16. The van der Waals surface area contributed by atoms with E-state index in [1.807, 2.05) is 36.4 Å². The Morgan fingerprint density at radius 2 is 1.97 bits per heavy atom. The van der Waals surface area contributed by atoms with E-state index in [1.54, 1.807) is 6.08 Å². The van der Waals surface area contributed by atoms with E-state index in [2.05, 4.69) is 21.5 Å². The van der Waals surface area contributed by atoms with Gasteiger partial charge in [-0.1, -0.05) is 36.4 Å². The predicted molar refractivity (Wildman–Crippen MR) is 112 cm³/mol. The van der Waals surface area contributed by atoms with Crippen molar-refractivity contribution in [2.45, 2.75) is 16.9 Å². The molecule has 0 N–H and O–H groups in total. The van der Waals surface area contributed by atoms with Crippen LogP contribution in [0.4, 0.5) is 5.69 Å². The van der Waals surface area contributed by atoms with Gasteiger partial charge in [-0.25, -0.2) is 15.0 Å². The van der Waals surface area contributed by atoms with Gasteiger partial charge in [0.15, 0.2) is 10.3 Å². The third-order valence-corrected chi connectivity index (χ3v) is 5.96. The van der Waals surface area contributed by atoms with Gasteiger partial charge >= 0.3 is 5.69 Å². The van der Waals surface area contributed by atoms with Crippen LogP contribution < -0.4 is 5.56 Å². The van der Waals surface area contributed by atoms with Crippen LogP contribution in [0.25, 0.3) is 20.7 Å². The Labute approximate surface area is 172 Å². The second-order valence-corrected chi connectivity index (χ2v) is 7.84. The van der Waals surface area contributed by atoms with Gasteiger partial charge in [0.25, 0.3) is 5.56 Å². The van der Waals surface area contributed by atoms with Gasteiger partial charge in [0.2, 0.25) is 0 Å². The first-order chi connectivity index (χ1) is 14.1. The number of aromatic nitrogens is 4. The zero-order valence-electron chi connectivity index (χ0n) is 14.9. The summed E-state index contributed by atoms with van der Waals surface area (Å²) in [5.41, 5.74) is 0.628. The minimum atomic E-state index is -0.566. The molecule has 4 rings (SSSR count). The van der Waals surface area contributed by atoms with Crippen molar-refractivity contribution in [3.63, 3.8) is 0 Å². The summed E-state index contributed by atoms with van der Waals surface area (Å²) in [6.45, 7) is 3.98. The fraction of sp³-hybridized carbons (Fsp3) is 0.0526. The molecule has 29 heavy (non-hydrogen) atoms. The molecule has 0 aliphatic carbocycles. The Hall–Kier alpha value is -3.37. The van der Waals surface area contributed by atoms with E-state index < -0.39 is 4.92 Å². The summed E-state index contributed by atoms with van der Waals surface area (Å²) < 4.78 is 1.49. The molecule has 0 unspecified atom stereocenters. The molecule has 0 atom stereocenters. The number of hydrogen-bond donors (Lipinski definition) is 0. The molecule has 0 saturated carbocycles. The number of fused-ring (bicyclic) bond motifs is 1. The summed E-state index contributed by atoms with van der Waals surface area (Å²) in [7, 11) is 0. The van der Waals surface area contributed by atoms with Crippen molar-refractivity contribution in [1.82, 2.24) is 19.5 Å². The van der Waals surface area contributed by atoms with Gasteiger partial charge in [0, 0.05) is 11.4 Å². The number of rotatable bonds is 6. The lowest BCUT2D eigenvalue weighted by Gasteiger charge is -2.08. The van der Waals surface area contributed by atoms with Gasteiger partial charge in [0.05, 0.1) is 10.3 Å². The fourth-order valence-electron chi connectivity index (χ4n) is 2.65. The molecular formula is C19H13N5O3S2. The molecule has 1 aromatic carbocycles. The standard InChI is InChI=1S/C19H13N5O3S2/c1-2-8-23-17(25)14-9-15(12-6-4-3-5-7-12)28-16(14)22-19(23)29-18-20-10-13(11-21-18)24(26)27/h2-7,9-11H,1,8H2. The van der Waals surface area contributed by atoms with Gasteiger partial charge in [-0.05, 0) is 23.4 Å². The van der Waals surface area contributed by atoms with Crippen molar-refractivity contribution in [3.05, 3.63) is 81.9 Å². The van der Waals surface area contributed by atoms with Crippen molar-refractivity contribution in [1.29, 1.82) is 0 Å². The third-order valence-electron chi connectivity index (χ3n) is 3.99. The normalized spacial score (nSPS) is 10.9. The smallest absolute Gasteiger partial charge is 0.283 e. The molecule has 0 radical (unpaired) electrons. The Morgan fingerprint density at radius 3 is 2.62 bits per heavy atom. The topological polar surface area (TPSA) is 104 Å². The van der Waals surface area contributed by atoms with Gasteiger partial charge in [0.1, 0.15) is 17.2 Å². The maximum absolute atomic E-state index is 13.1. The van der Waals surface area contributed by atoms with Crippen molar-refractivity contribution >= 4 is 39.0 Å². The summed E-state index contributed by atoms with van der Waals surface area (Å²) in [4.78, 5) is 37.4. The van der Waals surface area contributed by atoms with E-state index >= 15 is 0 Å². The van der Waals surface area contributed by atoms with Gasteiger partial charge in [-0.2, -0.15) is 0 Å². The van der Waals surface area contributed by atoms with Crippen LogP contribution in [0.2, 0.25) is 0 Å². The van der Waals surface area contributed by atoms with Crippen LogP contribution in [0, 0.1) is 10.1 Å². The molecule has 0 saturated heterocycles. The molecule has 0 spiro atoms. The maximum Gasteiger partial charge on any atom is 0.305 e. The SMILES string of the molecule is C=CCn1c(Sc2ncc([N+](=O)[O-])cn2)nc2sc(-c3ccccc3)cc2c1=O. The van der Waals surface area contributed by atoms with Crippen molar-refractivity contribution in [3.8, 4) is 10.4 Å². The van der Waals surface area contributed by atoms with Crippen LogP contribution in [0.3, 0.4) is 0 Å². The minimum Gasteiger partial charge on any atom is -0.283 e. The Kier molecular flexibility index (Phi) is 5.19. The number of nitrogens with zero attached hydrogens (tertiary/aromatic N) is 5. The van der Waals surface area contributed by atoms with E-state index in [-0.39, 0.29) is 22.9 Å². The second-order valence-electron chi connectivity index (χ2n) is 5.88. The van der Waals surface area contributed by atoms with Crippen molar-refractivity contribution in [2.75, 3.05) is 0 Å². The van der Waals surface area contributed by atoms with E-state index in [4.69, 9.17) is 0 Å². The van der Waals surface area contributed by atoms with Crippen molar-refractivity contribution < 1.29 is 4.92 Å². The first-order valence-corrected chi connectivity index (χ1v) is 10.0. The molecule has 4 aromatic rings. The molecule has 0 aliphatic rings. The molecule has 0 fully saturated rings. The number of allylic oxidation sites excluding steroid dienone is 1. The van der Waals surface area contributed by atoms with Gasteiger partial charge in [-0.15, -0.1) is 17.9 Å². The summed E-state index contributed by atoms with van der Waals surface area (Å²) in [6.07, 6.45) is 3.87. The summed E-state index contributed by atoms with van der Waals surface area (Å²) in [5.74, 6) is 0. The molecule has 3 aromatic heterocycles. The highest BCUT2D eigenvalue weighted by molar-refractivity contribution is 7.99. The highest BCUT2D eigenvalue weighted by atomic mass is 32.2. The fourth-order valence-corrected chi connectivity index (χ4v) is 4.51. The zero-order chi connectivity index (χ0) is 20.4. The molecule has 3 heterocycles. The molecule has 144 valence electrons. The first kappa shape index (κ1) is 19.0. The van der Waals surface area contributed by atoms with E-state index in [0.29, 0.717) is 15.4 Å². The van der Waals surface area contributed by atoms with Crippen LogP contribution in [-0.2, 0) is 6.54 Å². The lowest BCUT2D eigenvalue weighted by molar-refractivity contribution is -0.385. The van der Waals surface area contributed by atoms with Crippen molar-refractivity contribution in [2.24, 2.45) is 0 Å². The average Bonchev–Trinajstić information content (AvgIpc) is 3.16. The third kappa shape index (κ3) is 3.80. The van der Waals surface area contributed by atoms with E-state index in [9.17, 15) is 14.9 Å². The van der Waals surface area contributed by atoms with E-state index in [1.165, 1.54) is 15.9 Å². The highest BCUT2D eigenvalue weighted by Gasteiger charge is 2.17. The minimum absolute atomic E-state index is 0.183. The zero-order valence-corrected chi connectivity index (χ0v) is 16.5. The van der Waals surface area contributed by atoms with Crippen LogP contribution in [0.1, 0.15) is 0 Å². The Bertz CT molecular complexity index is 1270. The Morgan fingerprint density at radius 1 is 1.24 bits per heavy atom. The van der Waals surface area contributed by atoms with Gasteiger partial charge in [-0.3, -0.25) is 19.5 Å². The highest BCUT2D eigenvalue weighted by Crippen LogP contribution is 2.33. The molecule has 0 bridgehead atoms. The van der Waals surface area contributed by atoms with Crippen LogP contribution in [0.5, 0.6) is 0 Å². The van der Waals surface area contributed by atoms with Crippen LogP contribution >= 0.6 is 23.1 Å². The largest absolute Gasteiger partial charge is 0.305 e.